The summed E-state index contributed by atoms with van der Waals surface area (Å²) in [6.07, 6.45) is 6.17. The molecule has 9 heteroatoms. The number of carbonyl (C=O) groups is 1. The number of ether oxygens (including phenoxy) is 2. The molecular weight excluding hydrogens is 521 g/mol. The van der Waals surface area contributed by atoms with Gasteiger partial charge in [0.05, 0.1) is 14.2 Å². The van der Waals surface area contributed by atoms with E-state index in [1.165, 1.54) is 5.56 Å². The van der Waals surface area contributed by atoms with E-state index >= 15 is 0 Å². The average molecular weight is 555 g/mol. The third-order valence-electron chi connectivity index (χ3n) is 5.48. The molecule has 0 radical (unpaired) electrons. The van der Waals surface area contributed by atoms with Crippen molar-refractivity contribution >= 4 is 35.8 Å². The second-order valence-corrected chi connectivity index (χ2v) is 7.49. The second-order valence-electron chi connectivity index (χ2n) is 7.49. The number of rotatable bonds is 9. The predicted octanol–water partition coefficient (Wildman–Crippen LogP) is 2.65. The van der Waals surface area contributed by atoms with Crippen molar-refractivity contribution in [2.75, 3.05) is 40.9 Å². The van der Waals surface area contributed by atoms with Crippen molar-refractivity contribution in [1.82, 2.24) is 20.1 Å². The number of benzene rings is 1. The van der Waals surface area contributed by atoms with Crippen molar-refractivity contribution in [3.8, 4) is 11.5 Å². The Hall–Kier alpha value is -2.43. The number of hydrogen-bond acceptors (Lipinski definition) is 4. The summed E-state index contributed by atoms with van der Waals surface area (Å²) in [7, 11) is 5.03. The maximum Gasteiger partial charge on any atom is 0.222 e. The highest BCUT2D eigenvalue weighted by Crippen LogP contribution is 2.33. The Morgan fingerprint density at radius 1 is 1.06 bits per heavy atom. The summed E-state index contributed by atoms with van der Waals surface area (Å²) in [5.74, 6) is 2.38. The van der Waals surface area contributed by atoms with Crippen LogP contribution >= 0.6 is 24.0 Å². The normalized spacial score (nSPS) is 13.1. The van der Waals surface area contributed by atoms with Crippen LogP contribution in [0.4, 0.5) is 0 Å². The van der Waals surface area contributed by atoms with Crippen LogP contribution in [0.3, 0.4) is 0 Å². The van der Waals surface area contributed by atoms with Gasteiger partial charge in [0.15, 0.2) is 17.5 Å². The summed E-state index contributed by atoms with van der Waals surface area (Å²) in [5, 5.41) is 6.57. The van der Waals surface area contributed by atoms with Gasteiger partial charge < -0.3 is 29.6 Å². The second kappa shape index (κ2) is 13.2. The largest absolute Gasteiger partial charge is 0.493 e. The minimum atomic E-state index is 0. The molecule has 176 valence electrons. The van der Waals surface area contributed by atoms with Crippen LogP contribution in [0.15, 0.2) is 41.7 Å². The molecule has 0 saturated heterocycles. The Morgan fingerprint density at radius 2 is 1.72 bits per heavy atom. The fraction of sp³-hybridized carbons (Fsp3) is 0.478. The number of hydrogen-bond donors (Lipinski definition) is 2. The molecule has 8 nitrogen and oxygen atoms in total. The maximum atomic E-state index is 12.7. The fourth-order valence-electron chi connectivity index (χ4n) is 3.74. The summed E-state index contributed by atoms with van der Waals surface area (Å²) in [4.78, 5) is 18.9. The van der Waals surface area contributed by atoms with Crippen molar-refractivity contribution in [2.24, 2.45) is 4.99 Å². The van der Waals surface area contributed by atoms with Crippen LogP contribution in [0.5, 0.6) is 11.5 Å². The number of aliphatic imine (C=N–C) groups is 1. The van der Waals surface area contributed by atoms with Gasteiger partial charge in [-0.2, -0.15) is 0 Å². The first-order chi connectivity index (χ1) is 15.1. The molecule has 2 N–H and O–H groups in total. The van der Waals surface area contributed by atoms with E-state index in [4.69, 9.17) is 9.47 Å². The maximum absolute atomic E-state index is 12.7. The molecule has 3 rings (SSSR count). The lowest BCUT2D eigenvalue weighted by atomic mass is 9.98. The van der Waals surface area contributed by atoms with Crippen LogP contribution in [0.25, 0.3) is 0 Å². The summed E-state index contributed by atoms with van der Waals surface area (Å²) < 4.78 is 12.9. The van der Waals surface area contributed by atoms with Gasteiger partial charge in [-0.05, 0) is 48.2 Å². The van der Waals surface area contributed by atoms with E-state index in [2.05, 4.69) is 20.2 Å². The standard InChI is InChI=1S/C23H33N5O3.HI/c1-24-23(26-10-14-27-11-4-5-12-27)25-9-6-7-22(29)28-13-8-18-15-20(30-2)21(31-3)16-19(18)17-28;/h4-5,11-12,15-16H,6-10,13-14,17H2,1-3H3,(H2,24,25,26);1H. The van der Waals surface area contributed by atoms with E-state index in [0.717, 1.165) is 49.7 Å². The molecule has 0 saturated carbocycles. The van der Waals surface area contributed by atoms with E-state index in [0.29, 0.717) is 25.3 Å². The van der Waals surface area contributed by atoms with E-state index in [9.17, 15) is 4.79 Å². The summed E-state index contributed by atoms with van der Waals surface area (Å²) in [5.41, 5.74) is 2.35. The Kier molecular flexibility index (Phi) is 10.6. The van der Waals surface area contributed by atoms with Gasteiger partial charge >= 0.3 is 0 Å². The predicted molar refractivity (Wildman–Crippen MR) is 137 cm³/mol. The van der Waals surface area contributed by atoms with Gasteiger partial charge in [0.25, 0.3) is 0 Å². The van der Waals surface area contributed by atoms with Crippen molar-refractivity contribution < 1.29 is 14.3 Å². The van der Waals surface area contributed by atoms with Crippen LogP contribution < -0.4 is 20.1 Å². The van der Waals surface area contributed by atoms with Crippen molar-refractivity contribution in [2.45, 2.75) is 32.4 Å². The monoisotopic (exact) mass is 555 g/mol. The van der Waals surface area contributed by atoms with Crippen molar-refractivity contribution in [3.63, 3.8) is 0 Å². The molecule has 0 spiro atoms. The number of fused-ring (bicyclic) bond motifs is 1. The number of aromatic nitrogens is 1. The van der Waals surface area contributed by atoms with E-state index in [1.807, 2.05) is 41.6 Å². The van der Waals surface area contributed by atoms with Gasteiger partial charge in [-0.1, -0.05) is 0 Å². The topological polar surface area (TPSA) is 80.1 Å². The lowest BCUT2D eigenvalue weighted by molar-refractivity contribution is -0.132. The van der Waals surface area contributed by atoms with Crippen molar-refractivity contribution in [1.29, 1.82) is 0 Å². The average Bonchev–Trinajstić information content (AvgIpc) is 3.32. The van der Waals surface area contributed by atoms with E-state index in [1.54, 1.807) is 21.3 Å². The van der Waals surface area contributed by atoms with Gasteiger partial charge in [-0.3, -0.25) is 9.79 Å². The van der Waals surface area contributed by atoms with Crippen LogP contribution in [-0.4, -0.2) is 62.2 Å². The zero-order valence-electron chi connectivity index (χ0n) is 19.1. The Morgan fingerprint density at radius 3 is 2.38 bits per heavy atom. The molecule has 32 heavy (non-hydrogen) atoms. The molecule has 2 heterocycles. The molecule has 0 unspecified atom stereocenters. The van der Waals surface area contributed by atoms with E-state index < -0.39 is 0 Å². The molecule has 0 aliphatic carbocycles. The molecule has 0 fully saturated rings. The first-order valence-electron chi connectivity index (χ1n) is 10.7. The highest BCUT2D eigenvalue weighted by atomic mass is 127. The fourth-order valence-corrected chi connectivity index (χ4v) is 3.74. The van der Waals surface area contributed by atoms with E-state index in [-0.39, 0.29) is 29.9 Å². The minimum absolute atomic E-state index is 0. The molecule has 2 aromatic rings. The van der Waals surface area contributed by atoms with Gasteiger partial charge in [-0.25, -0.2) is 0 Å². The Bertz CT molecular complexity index is 886. The number of nitrogens with one attached hydrogen (secondary N) is 2. The summed E-state index contributed by atoms with van der Waals surface area (Å²) in [6, 6.07) is 8.03. The highest BCUT2D eigenvalue weighted by molar-refractivity contribution is 14.0. The minimum Gasteiger partial charge on any atom is -0.493 e. The molecule has 0 bridgehead atoms. The van der Waals surface area contributed by atoms with Crippen LogP contribution in [0.1, 0.15) is 24.0 Å². The number of halogens is 1. The van der Waals surface area contributed by atoms with Crippen LogP contribution in [-0.2, 0) is 24.3 Å². The molecule has 1 aromatic carbocycles. The zero-order valence-corrected chi connectivity index (χ0v) is 21.4. The number of methoxy groups -OCH3 is 2. The number of amides is 1. The zero-order chi connectivity index (χ0) is 22.1. The third kappa shape index (κ3) is 7.04. The van der Waals surface area contributed by atoms with Gasteiger partial charge in [0, 0.05) is 58.6 Å². The highest BCUT2D eigenvalue weighted by Gasteiger charge is 2.22. The molecular formula is C23H34IN5O3. The van der Waals surface area contributed by atoms with Crippen molar-refractivity contribution in [3.05, 3.63) is 47.8 Å². The number of nitrogens with zero attached hydrogens (tertiary/aromatic N) is 3. The first-order valence-corrected chi connectivity index (χ1v) is 10.7. The lowest BCUT2D eigenvalue weighted by Crippen LogP contribution is -2.40. The SMILES string of the molecule is CN=C(NCCCC(=O)N1CCc2cc(OC)c(OC)cc2C1)NCCn1cccc1.I. The smallest absolute Gasteiger partial charge is 0.222 e. The van der Waals surface area contributed by atoms with Crippen LogP contribution in [0, 0.1) is 0 Å². The molecule has 1 aliphatic rings. The molecule has 1 aromatic heterocycles. The molecule has 1 amide bonds. The molecule has 0 atom stereocenters. The lowest BCUT2D eigenvalue weighted by Gasteiger charge is -2.29. The summed E-state index contributed by atoms with van der Waals surface area (Å²) >= 11 is 0. The Balaban J connectivity index is 0.00000363. The summed E-state index contributed by atoms with van der Waals surface area (Å²) in [6.45, 7) is 3.71. The van der Waals surface area contributed by atoms with Crippen LogP contribution in [0.2, 0.25) is 0 Å². The van der Waals surface area contributed by atoms with Gasteiger partial charge in [-0.15, -0.1) is 24.0 Å². The number of guanidine groups is 1. The third-order valence-corrected chi connectivity index (χ3v) is 5.48. The van der Waals surface area contributed by atoms with Gasteiger partial charge in [0.1, 0.15) is 0 Å². The Labute approximate surface area is 207 Å². The molecule has 1 aliphatic heterocycles. The number of carbonyl (C=O) groups excluding carboxylic acids is 1. The first kappa shape index (κ1) is 25.8. The quantitative estimate of drug-likeness (QED) is 0.215. The van der Waals surface area contributed by atoms with Gasteiger partial charge in [0.2, 0.25) is 5.91 Å².